The highest BCUT2D eigenvalue weighted by atomic mass is 16.5. The molecule has 2 unspecified atom stereocenters. The second-order valence-corrected chi connectivity index (χ2v) is 5.30. The van der Waals surface area contributed by atoms with E-state index < -0.39 is 0 Å². The van der Waals surface area contributed by atoms with Gasteiger partial charge in [0.15, 0.2) is 0 Å². The summed E-state index contributed by atoms with van der Waals surface area (Å²) in [7, 11) is 2.19. The number of nitrogens with zero attached hydrogens (tertiary/aromatic N) is 1. The molecule has 0 bridgehead atoms. The topological polar surface area (TPSA) is 38.5 Å². The largest absolute Gasteiger partial charge is 0.492 e. The van der Waals surface area contributed by atoms with Crippen molar-refractivity contribution in [1.82, 2.24) is 4.90 Å². The maximum absolute atomic E-state index is 5.87. The minimum absolute atomic E-state index is 0.0866. The molecular weight excluding hydrogens is 224 g/mol. The molecule has 2 N–H and O–H groups in total. The van der Waals surface area contributed by atoms with Crippen molar-refractivity contribution in [3.05, 3.63) is 29.8 Å². The summed E-state index contributed by atoms with van der Waals surface area (Å²) in [5.74, 6) is 0.943. The summed E-state index contributed by atoms with van der Waals surface area (Å²) in [6.07, 6.45) is 3.88. The van der Waals surface area contributed by atoms with Crippen LogP contribution in [0.3, 0.4) is 0 Å². The molecule has 1 aliphatic rings. The van der Waals surface area contributed by atoms with Gasteiger partial charge in [-0.2, -0.15) is 0 Å². The molecule has 1 aliphatic heterocycles. The minimum Gasteiger partial charge on any atom is -0.492 e. The fourth-order valence-corrected chi connectivity index (χ4v) is 2.41. The zero-order chi connectivity index (χ0) is 13.0. The lowest BCUT2D eigenvalue weighted by atomic mass is 10.0. The van der Waals surface area contributed by atoms with Gasteiger partial charge in [0, 0.05) is 12.1 Å². The van der Waals surface area contributed by atoms with Gasteiger partial charge in [-0.1, -0.05) is 18.6 Å². The van der Waals surface area contributed by atoms with E-state index in [-0.39, 0.29) is 6.04 Å². The molecule has 2 rings (SSSR count). The van der Waals surface area contributed by atoms with Crippen molar-refractivity contribution in [3.8, 4) is 5.75 Å². The lowest BCUT2D eigenvalue weighted by Gasteiger charge is -2.32. The van der Waals surface area contributed by atoms with Crippen LogP contribution >= 0.6 is 0 Å². The first-order valence-electron chi connectivity index (χ1n) is 6.85. The molecule has 0 aliphatic carbocycles. The van der Waals surface area contributed by atoms with Crippen molar-refractivity contribution >= 4 is 0 Å². The molecule has 1 aromatic rings. The number of hydrogen-bond acceptors (Lipinski definition) is 3. The molecule has 1 aromatic carbocycles. The highest BCUT2D eigenvalue weighted by Gasteiger charge is 2.19. The third-order valence-electron chi connectivity index (χ3n) is 3.77. The zero-order valence-corrected chi connectivity index (χ0v) is 11.4. The Morgan fingerprint density at radius 2 is 2.06 bits per heavy atom. The van der Waals surface area contributed by atoms with E-state index in [4.69, 9.17) is 10.5 Å². The minimum atomic E-state index is 0.0866. The third kappa shape index (κ3) is 3.47. The average Bonchev–Trinajstić information content (AvgIpc) is 2.38. The maximum atomic E-state index is 5.87. The molecule has 2 atom stereocenters. The lowest BCUT2D eigenvalue weighted by molar-refractivity contribution is 0.125. The number of likely N-dealkylation sites (N-methyl/N-ethyl adjacent to an activating group) is 1. The van der Waals surface area contributed by atoms with Gasteiger partial charge in [-0.3, -0.25) is 0 Å². The molecule has 18 heavy (non-hydrogen) atoms. The Balaban J connectivity index is 1.85. The molecule has 0 spiro atoms. The van der Waals surface area contributed by atoms with Crippen molar-refractivity contribution in [1.29, 1.82) is 0 Å². The molecule has 3 nitrogen and oxygen atoms in total. The Hall–Kier alpha value is -1.06. The SMILES string of the molecule is CC(N)c1ccc(OCC2CCCCN2C)cc1. The summed E-state index contributed by atoms with van der Waals surface area (Å²) in [6, 6.07) is 8.77. The van der Waals surface area contributed by atoms with Crippen LogP contribution in [0, 0.1) is 0 Å². The van der Waals surface area contributed by atoms with E-state index in [1.54, 1.807) is 0 Å². The molecule has 0 aromatic heterocycles. The van der Waals surface area contributed by atoms with Gasteiger partial charge < -0.3 is 15.4 Å². The molecule has 3 heteroatoms. The van der Waals surface area contributed by atoms with Gasteiger partial charge in [0.25, 0.3) is 0 Å². The molecule has 1 saturated heterocycles. The summed E-state index contributed by atoms with van der Waals surface area (Å²) in [4.78, 5) is 2.40. The van der Waals surface area contributed by atoms with Gasteiger partial charge in [-0.15, -0.1) is 0 Å². The molecule has 0 radical (unpaired) electrons. The summed E-state index contributed by atoms with van der Waals surface area (Å²) < 4.78 is 5.87. The third-order valence-corrected chi connectivity index (χ3v) is 3.77. The van der Waals surface area contributed by atoms with Gasteiger partial charge >= 0.3 is 0 Å². The Bertz CT molecular complexity index is 361. The van der Waals surface area contributed by atoms with E-state index >= 15 is 0 Å². The van der Waals surface area contributed by atoms with Crippen LogP contribution in [0.15, 0.2) is 24.3 Å². The van der Waals surface area contributed by atoms with Gasteiger partial charge in [0.1, 0.15) is 12.4 Å². The maximum Gasteiger partial charge on any atom is 0.119 e. The first-order valence-corrected chi connectivity index (χ1v) is 6.85. The fraction of sp³-hybridized carbons (Fsp3) is 0.600. The zero-order valence-electron chi connectivity index (χ0n) is 11.4. The Kier molecular flexibility index (Phi) is 4.61. The predicted octanol–water partition coefficient (Wildman–Crippen LogP) is 2.57. The number of benzene rings is 1. The predicted molar refractivity (Wildman–Crippen MR) is 74.8 cm³/mol. The van der Waals surface area contributed by atoms with Gasteiger partial charge in [0.05, 0.1) is 0 Å². The first-order chi connectivity index (χ1) is 8.66. The second kappa shape index (κ2) is 6.21. The van der Waals surface area contributed by atoms with E-state index in [9.17, 15) is 0 Å². The van der Waals surface area contributed by atoms with Crippen LogP contribution in [0.25, 0.3) is 0 Å². The lowest BCUT2D eigenvalue weighted by Crippen LogP contribution is -2.40. The van der Waals surface area contributed by atoms with Crippen molar-refractivity contribution < 1.29 is 4.74 Å². The van der Waals surface area contributed by atoms with Crippen molar-refractivity contribution in [2.24, 2.45) is 5.73 Å². The Labute approximate surface area is 110 Å². The quantitative estimate of drug-likeness (QED) is 0.890. The van der Waals surface area contributed by atoms with Crippen LogP contribution in [0.2, 0.25) is 0 Å². The summed E-state index contributed by atoms with van der Waals surface area (Å²) in [5, 5.41) is 0. The smallest absolute Gasteiger partial charge is 0.119 e. The summed E-state index contributed by atoms with van der Waals surface area (Å²) in [5.41, 5.74) is 6.98. The van der Waals surface area contributed by atoms with E-state index in [1.165, 1.54) is 25.8 Å². The molecule has 1 fully saturated rings. The Morgan fingerprint density at radius 1 is 1.33 bits per heavy atom. The highest BCUT2D eigenvalue weighted by Crippen LogP contribution is 2.19. The number of likely N-dealkylation sites (tertiary alicyclic amines) is 1. The van der Waals surface area contributed by atoms with Crippen LogP contribution in [-0.4, -0.2) is 31.1 Å². The van der Waals surface area contributed by atoms with E-state index in [0.717, 1.165) is 17.9 Å². The van der Waals surface area contributed by atoms with Gasteiger partial charge in [-0.05, 0) is 51.1 Å². The van der Waals surface area contributed by atoms with E-state index in [2.05, 4.69) is 11.9 Å². The summed E-state index contributed by atoms with van der Waals surface area (Å²) in [6.45, 7) is 3.97. The second-order valence-electron chi connectivity index (χ2n) is 5.30. The number of rotatable bonds is 4. The number of piperidine rings is 1. The Morgan fingerprint density at radius 3 is 2.67 bits per heavy atom. The molecular formula is C15H24N2O. The van der Waals surface area contributed by atoms with Crippen LogP contribution in [0.4, 0.5) is 0 Å². The highest BCUT2D eigenvalue weighted by molar-refractivity contribution is 5.28. The van der Waals surface area contributed by atoms with Crippen molar-refractivity contribution in [2.75, 3.05) is 20.2 Å². The van der Waals surface area contributed by atoms with E-state index in [0.29, 0.717) is 6.04 Å². The van der Waals surface area contributed by atoms with E-state index in [1.807, 2.05) is 31.2 Å². The molecule has 0 saturated carbocycles. The van der Waals surface area contributed by atoms with Gasteiger partial charge in [0.2, 0.25) is 0 Å². The molecule has 100 valence electrons. The normalized spacial score (nSPS) is 22.7. The van der Waals surface area contributed by atoms with Crippen LogP contribution < -0.4 is 10.5 Å². The number of nitrogens with two attached hydrogens (primary N) is 1. The van der Waals surface area contributed by atoms with Crippen LogP contribution in [-0.2, 0) is 0 Å². The standard InChI is InChI=1S/C15H24N2O/c1-12(16)13-6-8-15(9-7-13)18-11-14-5-3-4-10-17(14)2/h6-9,12,14H,3-5,10-11,16H2,1-2H3. The molecule has 1 heterocycles. The monoisotopic (exact) mass is 248 g/mol. The van der Waals surface area contributed by atoms with Gasteiger partial charge in [-0.25, -0.2) is 0 Å². The van der Waals surface area contributed by atoms with Crippen LogP contribution in [0.5, 0.6) is 5.75 Å². The average molecular weight is 248 g/mol. The fourth-order valence-electron chi connectivity index (χ4n) is 2.41. The van der Waals surface area contributed by atoms with Crippen molar-refractivity contribution in [2.45, 2.75) is 38.3 Å². The summed E-state index contributed by atoms with van der Waals surface area (Å²) >= 11 is 0. The number of hydrogen-bond donors (Lipinski definition) is 1. The van der Waals surface area contributed by atoms with Crippen molar-refractivity contribution in [3.63, 3.8) is 0 Å². The number of ether oxygens (including phenoxy) is 1. The first kappa shape index (κ1) is 13.4. The van der Waals surface area contributed by atoms with Crippen LogP contribution in [0.1, 0.15) is 37.8 Å². The molecule has 0 amide bonds.